The van der Waals surface area contributed by atoms with Gasteiger partial charge in [0.05, 0.1) is 17.7 Å². The van der Waals surface area contributed by atoms with Crippen molar-refractivity contribution < 1.29 is 18.3 Å². The first-order valence-electron chi connectivity index (χ1n) is 9.27. The van der Waals surface area contributed by atoms with Crippen LogP contribution in [0.1, 0.15) is 12.0 Å². The highest BCUT2D eigenvalue weighted by atomic mass is 19.1. The van der Waals surface area contributed by atoms with Crippen LogP contribution in [0.25, 0.3) is 11.0 Å². The number of likely N-dealkylation sites (tertiary alicyclic amines) is 1. The number of rotatable bonds is 5. The number of carbonyl (C=O) groups excluding carboxylic acids is 1. The molecule has 0 aliphatic carbocycles. The maximum atomic E-state index is 14.6. The molecular weight excluding hydrogens is 406 g/mol. The van der Waals surface area contributed by atoms with Crippen LogP contribution in [0.15, 0.2) is 37.3 Å². The Morgan fingerprint density at radius 2 is 2.19 bits per heavy atom. The van der Waals surface area contributed by atoms with Crippen molar-refractivity contribution in [2.24, 2.45) is 0 Å². The van der Waals surface area contributed by atoms with Gasteiger partial charge in [-0.2, -0.15) is 4.39 Å². The predicted octanol–water partition coefficient (Wildman–Crippen LogP) is 2.59. The number of nitrogens with one attached hydrogen (secondary N) is 1. The molecule has 156 valence electrons. The first-order valence-corrected chi connectivity index (χ1v) is 9.27. The van der Waals surface area contributed by atoms with Crippen molar-refractivity contribution in [2.45, 2.75) is 12.5 Å². The van der Waals surface area contributed by atoms with Gasteiger partial charge in [-0.15, -0.1) is 6.42 Å². The molecule has 1 saturated heterocycles. The summed E-state index contributed by atoms with van der Waals surface area (Å²) in [5.74, 6) is 0.505. The van der Waals surface area contributed by atoms with Crippen LogP contribution in [0.2, 0.25) is 0 Å². The zero-order valence-corrected chi connectivity index (χ0v) is 16.2. The molecular formula is C21H16F2N6O2. The van der Waals surface area contributed by atoms with Crippen molar-refractivity contribution in [2.75, 3.05) is 18.4 Å². The molecule has 0 spiro atoms. The Labute approximate surface area is 176 Å². The summed E-state index contributed by atoms with van der Waals surface area (Å²) in [5, 5.41) is 2.77. The van der Waals surface area contributed by atoms with E-state index in [2.05, 4.69) is 37.8 Å². The van der Waals surface area contributed by atoms with E-state index < -0.39 is 17.9 Å². The second-order valence-electron chi connectivity index (χ2n) is 6.71. The minimum atomic E-state index is -0.790. The molecule has 4 rings (SSSR count). The van der Waals surface area contributed by atoms with Gasteiger partial charge in [-0.25, -0.2) is 24.3 Å². The number of fused-ring (bicyclic) bond motifs is 1. The van der Waals surface area contributed by atoms with Crippen LogP contribution in [0.3, 0.4) is 0 Å². The van der Waals surface area contributed by atoms with Crippen molar-refractivity contribution in [3.05, 3.63) is 54.6 Å². The van der Waals surface area contributed by atoms with Crippen molar-refractivity contribution in [3.8, 4) is 18.2 Å². The molecule has 0 bridgehead atoms. The summed E-state index contributed by atoms with van der Waals surface area (Å²) in [6, 6.07) is 2.54. The standard InChI is InChI=1S/C21H16F2N6O2/c1-3-12-7-16(19(23)24-9-12)27-20-18-15(25-11-26-20)8-14(22)21(28-18)31-13-5-6-29(10-13)17(30)4-2/h1,4,7-9,11,13H,2,5-6,10H2,(H,25,26,27). The van der Waals surface area contributed by atoms with Crippen LogP contribution in [0.4, 0.5) is 20.3 Å². The molecule has 31 heavy (non-hydrogen) atoms. The fraction of sp³-hybridized carbons (Fsp3) is 0.190. The van der Waals surface area contributed by atoms with E-state index in [1.807, 2.05) is 0 Å². The second kappa shape index (κ2) is 8.31. The van der Waals surface area contributed by atoms with Gasteiger partial charge >= 0.3 is 0 Å². The third-order valence-corrected chi connectivity index (χ3v) is 4.70. The molecule has 0 radical (unpaired) electrons. The van der Waals surface area contributed by atoms with E-state index in [1.54, 1.807) is 4.90 Å². The molecule has 3 aromatic rings. The van der Waals surface area contributed by atoms with Crippen molar-refractivity contribution in [3.63, 3.8) is 0 Å². The highest BCUT2D eigenvalue weighted by Gasteiger charge is 2.28. The largest absolute Gasteiger partial charge is 0.470 e. The van der Waals surface area contributed by atoms with E-state index >= 15 is 0 Å². The summed E-state index contributed by atoms with van der Waals surface area (Å²) >= 11 is 0. The van der Waals surface area contributed by atoms with Gasteiger partial charge in [0.2, 0.25) is 11.9 Å². The van der Waals surface area contributed by atoms with Gasteiger partial charge in [-0.3, -0.25) is 4.79 Å². The average Bonchev–Trinajstić information content (AvgIpc) is 3.24. The number of ether oxygens (including phenoxy) is 1. The monoisotopic (exact) mass is 422 g/mol. The summed E-state index contributed by atoms with van der Waals surface area (Å²) in [6.07, 6.45) is 9.06. The lowest BCUT2D eigenvalue weighted by Gasteiger charge is -2.16. The normalized spacial score (nSPS) is 15.5. The average molecular weight is 422 g/mol. The molecule has 1 amide bonds. The Hall–Kier alpha value is -4.13. The van der Waals surface area contributed by atoms with E-state index in [1.165, 1.54) is 24.7 Å². The van der Waals surface area contributed by atoms with Gasteiger partial charge in [-0.1, -0.05) is 12.5 Å². The Balaban J connectivity index is 1.64. The fourth-order valence-electron chi connectivity index (χ4n) is 3.17. The van der Waals surface area contributed by atoms with Crippen LogP contribution in [-0.4, -0.2) is 49.9 Å². The van der Waals surface area contributed by atoms with Crippen molar-refractivity contribution in [1.82, 2.24) is 24.8 Å². The number of amides is 1. The molecule has 1 unspecified atom stereocenters. The molecule has 0 saturated carbocycles. The number of anilines is 2. The maximum Gasteiger partial charge on any atom is 0.251 e. The van der Waals surface area contributed by atoms with E-state index in [9.17, 15) is 13.6 Å². The van der Waals surface area contributed by atoms with Gasteiger partial charge in [0.1, 0.15) is 17.9 Å². The first-order chi connectivity index (χ1) is 15.0. The third kappa shape index (κ3) is 4.11. The molecule has 1 fully saturated rings. The van der Waals surface area contributed by atoms with E-state index in [0.717, 1.165) is 6.07 Å². The SMILES string of the molecule is C#Cc1cnc(F)c(Nc2ncnc3cc(F)c(OC4CCN(C(=O)C=C)C4)nc23)c1. The summed E-state index contributed by atoms with van der Waals surface area (Å²) in [7, 11) is 0. The lowest BCUT2D eigenvalue weighted by Crippen LogP contribution is -2.29. The number of hydrogen-bond donors (Lipinski definition) is 1. The van der Waals surface area contributed by atoms with Gasteiger partial charge in [-0.05, 0) is 12.1 Å². The quantitative estimate of drug-likeness (QED) is 0.384. The smallest absolute Gasteiger partial charge is 0.251 e. The maximum absolute atomic E-state index is 14.6. The van der Waals surface area contributed by atoms with E-state index in [-0.39, 0.29) is 40.9 Å². The molecule has 8 nitrogen and oxygen atoms in total. The van der Waals surface area contributed by atoms with Crippen LogP contribution >= 0.6 is 0 Å². The molecule has 1 aliphatic heterocycles. The van der Waals surface area contributed by atoms with Crippen molar-refractivity contribution in [1.29, 1.82) is 0 Å². The predicted molar refractivity (Wildman–Crippen MR) is 109 cm³/mol. The number of nitrogens with zero attached hydrogens (tertiary/aromatic N) is 5. The molecule has 10 heteroatoms. The Morgan fingerprint density at radius 3 is 2.97 bits per heavy atom. The molecule has 4 heterocycles. The van der Waals surface area contributed by atoms with E-state index in [0.29, 0.717) is 18.5 Å². The first kappa shape index (κ1) is 20.2. The third-order valence-electron chi connectivity index (χ3n) is 4.70. The van der Waals surface area contributed by atoms with Gasteiger partial charge < -0.3 is 15.0 Å². The Kier molecular flexibility index (Phi) is 5.41. The number of hydrogen-bond acceptors (Lipinski definition) is 7. The van der Waals surface area contributed by atoms with Crippen molar-refractivity contribution >= 4 is 28.4 Å². The van der Waals surface area contributed by atoms with E-state index in [4.69, 9.17) is 11.2 Å². The fourth-order valence-corrected chi connectivity index (χ4v) is 3.17. The highest BCUT2D eigenvalue weighted by molar-refractivity contribution is 5.88. The number of pyridine rings is 2. The number of carbonyl (C=O) groups is 1. The Morgan fingerprint density at radius 1 is 1.35 bits per heavy atom. The molecule has 1 N–H and O–H groups in total. The number of halogens is 2. The lowest BCUT2D eigenvalue weighted by molar-refractivity contribution is -0.125. The highest BCUT2D eigenvalue weighted by Crippen LogP contribution is 2.28. The minimum absolute atomic E-state index is 0.0154. The van der Waals surface area contributed by atoms with Gasteiger partial charge in [0, 0.05) is 30.8 Å². The summed E-state index contributed by atoms with van der Waals surface area (Å²) < 4.78 is 34.4. The zero-order valence-electron chi connectivity index (χ0n) is 16.2. The summed E-state index contributed by atoms with van der Waals surface area (Å²) in [6.45, 7) is 4.21. The van der Waals surface area contributed by atoms with Crippen LogP contribution in [0.5, 0.6) is 5.88 Å². The van der Waals surface area contributed by atoms with Crippen LogP contribution < -0.4 is 10.1 Å². The Bertz CT molecular complexity index is 1230. The summed E-state index contributed by atoms with van der Waals surface area (Å²) in [5.41, 5.74) is 0.712. The topological polar surface area (TPSA) is 93.1 Å². The summed E-state index contributed by atoms with van der Waals surface area (Å²) in [4.78, 5) is 29.2. The van der Waals surface area contributed by atoms with Gasteiger partial charge in [0.15, 0.2) is 11.6 Å². The molecule has 1 atom stereocenters. The minimum Gasteiger partial charge on any atom is -0.470 e. The molecule has 3 aromatic heterocycles. The second-order valence-corrected chi connectivity index (χ2v) is 6.71. The molecule has 1 aliphatic rings. The number of aromatic nitrogens is 4. The number of terminal acetylenes is 1. The van der Waals surface area contributed by atoms with Crippen LogP contribution in [0, 0.1) is 24.1 Å². The van der Waals surface area contributed by atoms with Gasteiger partial charge in [0.25, 0.3) is 5.88 Å². The molecule has 0 aromatic carbocycles. The lowest BCUT2D eigenvalue weighted by atomic mass is 10.2. The zero-order chi connectivity index (χ0) is 22.0. The van der Waals surface area contributed by atoms with Crippen LogP contribution in [-0.2, 0) is 4.79 Å².